The van der Waals surface area contributed by atoms with Crippen LogP contribution in [-0.4, -0.2) is 5.75 Å². The normalized spacial score (nSPS) is 12.8. The molecule has 1 aliphatic rings. The van der Waals surface area contributed by atoms with Crippen LogP contribution in [0.5, 0.6) is 0 Å². The van der Waals surface area contributed by atoms with Gasteiger partial charge in [0, 0.05) is 14.7 Å². The van der Waals surface area contributed by atoms with Crippen LogP contribution in [0, 0.1) is 6.92 Å². The molecule has 0 nitrogen and oxygen atoms in total. The summed E-state index contributed by atoms with van der Waals surface area (Å²) in [5.41, 5.74) is 1.44. The van der Waals surface area contributed by atoms with Gasteiger partial charge in [-0.3, -0.25) is 0 Å². The Morgan fingerprint density at radius 2 is 2.17 bits per heavy atom. The predicted molar refractivity (Wildman–Crippen MR) is 56.3 cm³/mol. The fraction of sp³-hybridized carbons (Fsp3) is 0.400. The maximum atomic E-state index is 2.26. The zero-order valence-corrected chi connectivity index (χ0v) is 9.02. The third-order valence-corrected chi connectivity index (χ3v) is 4.44. The van der Waals surface area contributed by atoms with Crippen LogP contribution in [0.2, 0.25) is 0 Å². The summed E-state index contributed by atoms with van der Waals surface area (Å²) in [6.07, 6.45) is 1.26. The van der Waals surface area contributed by atoms with Gasteiger partial charge >= 0.3 is 0 Å². The van der Waals surface area contributed by atoms with Crippen LogP contribution in [0.4, 0.5) is 0 Å². The maximum absolute atomic E-state index is 2.26. The zero-order valence-electron chi connectivity index (χ0n) is 7.39. The fourth-order valence-electron chi connectivity index (χ4n) is 1.18. The molecule has 0 spiro atoms. The summed E-state index contributed by atoms with van der Waals surface area (Å²) in [6, 6.07) is 4.49. The van der Waals surface area contributed by atoms with Gasteiger partial charge in [0.1, 0.15) is 0 Å². The summed E-state index contributed by atoms with van der Waals surface area (Å²) in [4.78, 5) is 4.55. The van der Waals surface area contributed by atoms with Crippen molar-refractivity contribution >= 4 is 23.5 Å². The molecule has 64 valence electrons. The molecule has 1 heterocycles. The molecule has 12 heavy (non-hydrogen) atoms. The number of fused-ring (bicyclic) bond motifs is 1. The average Bonchev–Trinajstić information content (AvgIpc) is 2.83. The Morgan fingerprint density at radius 1 is 1.33 bits per heavy atom. The molecule has 0 amide bonds. The van der Waals surface area contributed by atoms with Crippen LogP contribution in [0.1, 0.15) is 18.9 Å². The van der Waals surface area contributed by atoms with Crippen LogP contribution in [0.15, 0.2) is 26.8 Å². The van der Waals surface area contributed by atoms with Gasteiger partial charge in [0.2, 0.25) is 0 Å². The molecule has 1 aliphatic heterocycles. The lowest BCUT2D eigenvalue weighted by Crippen LogP contribution is -1.75. The minimum Gasteiger partial charge on any atom is -0.125 e. The first-order valence-corrected chi connectivity index (χ1v) is 6.07. The fourth-order valence-corrected chi connectivity index (χ4v) is 3.19. The Hall–Kier alpha value is -0.0800. The third kappa shape index (κ3) is 1.50. The van der Waals surface area contributed by atoms with Crippen LogP contribution in [0.3, 0.4) is 0 Å². The topological polar surface area (TPSA) is 0 Å². The Balaban J connectivity index is 2.15. The molecule has 0 bridgehead atoms. The molecular formula is C10H12S2. The molecule has 0 fully saturated rings. The number of hydrogen-bond acceptors (Lipinski definition) is 2. The standard InChI is InChI=1S/C10H12S2/c1-3-6-11-8-5-4-7(2)9-10(8)12-9/h4-5H,3,6H2,1-2H3. The predicted octanol–water partition coefficient (Wildman–Crippen LogP) is 3.96. The maximum Gasteiger partial charge on any atom is 0.0401 e. The average molecular weight is 196 g/mol. The zero-order chi connectivity index (χ0) is 8.55. The lowest BCUT2D eigenvalue weighted by Gasteiger charge is -1.97. The van der Waals surface area contributed by atoms with E-state index in [0.717, 1.165) is 0 Å². The van der Waals surface area contributed by atoms with Gasteiger partial charge in [-0.2, -0.15) is 0 Å². The molecule has 2 rings (SSSR count). The summed E-state index contributed by atoms with van der Waals surface area (Å²) in [5.74, 6) is 1.25. The van der Waals surface area contributed by atoms with Gasteiger partial charge in [0.25, 0.3) is 0 Å². The molecule has 0 radical (unpaired) electrons. The van der Waals surface area contributed by atoms with E-state index in [4.69, 9.17) is 0 Å². The van der Waals surface area contributed by atoms with E-state index in [-0.39, 0.29) is 0 Å². The van der Waals surface area contributed by atoms with Gasteiger partial charge < -0.3 is 0 Å². The van der Waals surface area contributed by atoms with Gasteiger partial charge in [0.15, 0.2) is 0 Å². The monoisotopic (exact) mass is 196 g/mol. The Labute approximate surface area is 82.1 Å². The van der Waals surface area contributed by atoms with E-state index in [0.29, 0.717) is 0 Å². The van der Waals surface area contributed by atoms with Crippen molar-refractivity contribution in [2.45, 2.75) is 35.0 Å². The highest BCUT2D eigenvalue weighted by Gasteiger charge is 2.24. The summed E-state index contributed by atoms with van der Waals surface area (Å²) >= 11 is 3.93. The first kappa shape index (κ1) is 8.52. The number of hydrogen-bond donors (Lipinski definition) is 0. The van der Waals surface area contributed by atoms with Crippen molar-refractivity contribution in [3.63, 3.8) is 0 Å². The van der Waals surface area contributed by atoms with Gasteiger partial charge in [0.05, 0.1) is 0 Å². The molecule has 0 saturated heterocycles. The molecule has 0 N–H and O–H groups in total. The molecule has 2 heteroatoms. The van der Waals surface area contributed by atoms with E-state index in [2.05, 4.69) is 26.0 Å². The van der Waals surface area contributed by atoms with Crippen molar-refractivity contribution in [1.82, 2.24) is 0 Å². The van der Waals surface area contributed by atoms with Crippen molar-refractivity contribution in [1.29, 1.82) is 0 Å². The van der Waals surface area contributed by atoms with Crippen molar-refractivity contribution in [3.05, 3.63) is 17.7 Å². The second-order valence-corrected chi connectivity index (χ2v) is 5.15. The van der Waals surface area contributed by atoms with Gasteiger partial charge in [-0.15, -0.1) is 11.8 Å². The minimum atomic E-state index is 1.25. The van der Waals surface area contributed by atoms with Gasteiger partial charge in [-0.1, -0.05) is 24.8 Å². The van der Waals surface area contributed by atoms with E-state index in [1.807, 2.05) is 23.5 Å². The minimum absolute atomic E-state index is 1.25. The van der Waals surface area contributed by atoms with Crippen LogP contribution < -0.4 is 0 Å². The number of thioether (sulfide) groups is 1. The van der Waals surface area contributed by atoms with Gasteiger partial charge in [-0.25, -0.2) is 0 Å². The lowest BCUT2D eigenvalue weighted by atomic mass is 10.2. The van der Waals surface area contributed by atoms with E-state index >= 15 is 0 Å². The summed E-state index contributed by atoms with van der Waals surface area (Å²) in [5, 5.41) is 0. The third-order valence-electron chi connectivity index (χ3n) is 1.90. The highest BCUT2D eigenvalue weighted by atomic mass is 32.2. The molecule has 1 aromatic rings. The van der Waals surface area contributed by atoms with Crippen LogP contribution in [0.25, 0.3) is 0 Å². The molecule has 0 atom stereocenters. The molecule has 0 aliphatic carbocycles. The highest BCUT2D eigenvalue weighted by Crippen LogP contribution is 2.55. The molecule has 0 unspecified atom stereocenters. The number of aryl methyl sites for hydroxylation is 1. The summed E-state index contributed by atoms with van der Waals surface area (Å²) < 4.78 is 0. The summed E-state index contributed by atoms with van der Waals surface area (Å²) in [7, 11) is 0. The van der Waals surface area contributed by atoms with Crippen molar-refractivity contribution in [2.24, 2.45) is 0 Å². The van der Waals surface area contributed by atoms with Crippen LogP contribution in [-0.2, 0) is 0 Å². The smallest absolute Gasteiger partial charge is 0.0401 e. The summed E-state index contributed by atoms with van der Waals surface area (Å²) in [6.45, 7) is 4.42. The Kier molecular flexibility index (Phi) is 2.37. The number of benzene rings is 1. The van der Waals surface area contributed by atoms with E-state index in [1.165, 1.54) is 32.4 Å². The first-order chi connectivity index (χ1) is 5.83. The molecule has 0 saturated carbocycles. The van der Waals surface area contributed by atoms with Crippen molar-refractivity contribution in [3.8, 4) is 0 Å². The quantitative estimate of drug-likeness (QED) is 0.538. The molecule has 0 aromatic heterocycles. The van der Waals surface area contributed by atoms with Gasteiger partial charge in [-0.05, 0) is 30.7 Å². The van der Waals surface area contributed by atoms with E-state index in [9.17, 15) is 0 Å². The van der Waals surface area contributed by atoms with E-state index in [1.54, 1.807) is 0 Å². The molecule has 1 aromatic carbocycles. The SMILES string of the molecule is CCCSc1ccc(C)c2c1S2. The van der Waals surface area contributed by atoms with Crippen LogP contribution >= 0.6 is 23.5 Å². The van der Waals surface area contributed by atoms with Crippen molar-refractivity contribution in [2.75, 3.05) is 5.75 Å². The van der Waals surface area contributed by atoms with Crippen molar-refractivity contribution < 1.29 is 0 Å². The Bertz CT molecular complexity index is 305. The molecular weight excluding hydrogens is 184 g/mol. The first-order valence-electron chi connectivity index (χ1n) is 4.27. The number of rotatable bonds is 3. The Morgan fingerprint density at radius 3 is 2.92 bits per heavy atom. The van der Waals surface area contributed by atoms with E-state index < -0.39 is 0 Å². The second-order valence-electron chi connectivity index (χ2n) is 2.99. The highest BCUT2D eigenvalue weighted by molar-refractivity contribution is 8.06. The lowest BCUT2D eigenvalue weighted by molar-refractivity contribution is 1.09. The largest absolute Gasteiger partial charge is 0.125 e. The second kappa shape index (κ2) is 3.35.